The van der Waals surface area contributed by atoms with Crippen LogP contribution in [0.15, 0.2) is 121 Å². The van der Waals surface area contributed by atoms with Gasteiger partial charge in [0.1, 0.15) is 0 Å². The fourth-order valence-electron chi connectivity index (χ4n) is 4.95. The molecule has 0 unspecified atom stereocenters. The predicted molar refractivity (Wildman–Crippen MR) is 160 cm³/mol. The van der Waals surface area contributed by atoms with Crippen molar-refractivity contribution >= 4 is 40.5 Å². The third kappa shape index (κ3) is 5.50. The zero-order valence-electron chi connectivity index (χ0n) is 20.7. The van der Waals surface area contributed by atoms with Crippen LogP contribution in [0.4, 0.5) is 17.1 Å². The van der Waals surface area contributed by atoms with Gasteiger partial charge in [0.25, 0.3) is 0 Å². The molecule has 0 aliphatic rings. The summed E-state index contributed by atoms with van der Waals surface area (Å²) >= 11 is 4.33. The number of anilines is 3. The molecule has 0 bridgehead atoms. The number of hydrogen-bond acceptors (Lipinski definition) is 2. The molecule has 5 aromatic rings. The average Bonchev–Trinajstić information content (AvgIpc) is 2.95. The topological polar surface area (TPSA) is 3.24 Å². The molecule has 0 N–H and O–H groups in total. The van der Waals surface area contributed by atoms with Crippen LogP contribution in [0.25, 0.3) is 21.9 Å². The van der Waals surface area contributed by atoms with Crippen molar-refractivity contribution in [3.05, 3.63) is 127 Å². The van der Waals surface area contributed by atoms with Crippen LogP contribution in [0, 0.1) is 0 Å². The highest BCUT2D eigenvalue weighted by molar-refractivity contribution is 7.80. The normalized spacial score (nSPS) is 11.0. The summed E-state index contributed by atoms with van der Waals surface area (Å²) in [6, 6.07) is 43.8. The number of unbranched alkanes of at least 4 members (excludes halogenated alkanes) is 3. The van der Waals surface area contributed by atoms with Crippen molar-refractivity contribution in [2.24, 2.45) is 0 Å². The van der Waals surface area contributed by atoms with Gasteiger partial charge in [-0.15, -0.1) is 0 Å². The van der Waals surface area contributed by atoms with Crippen LogP contribution >= 0.6 is 12.6 Å². The van der Waals surface area contributed by atoms with E-state index in [1.807, 2.05) is 0 Å². The number of rotatable bonds is 10. The summed E-state index contributed by atoms with van der Waals surface area (Å²) in [6.45, 7) is 0. The van der Waals surface area contributed by atoms with Crippen LogP contribution in [0.5, 0.6) is 0 Å². The van der Waals surface area contributed by atoms with Crippen LogP contribution < -0.4 is 4.90 Å². The Kier molecular flexibility index (Phi) is 8.05. The SMILES string of the molecule is SCCCCCCc1ccc(N(c2ccccc2-c2ccccc2)c2cccc3ccccc23)cc1. The predicted octanol–water partition coefficient (Wildman–Crippen LogP) is 10.0. The Balaban J connectivity index is 1.57. The largest absolute Gasteiger partial charge is 0.309 e. The fraction of sp³-hybridized carbons (Fsp3) is 0.176. The number of para-hydroxylation sites is 1. The summed E-state index contributed by atoms with van der Waals surface area (Å²) in [5, 5.41) is 2.49. The first kappa shape index (κ1) is 24.2. The summed E-state index contributed by atoms with van der Waals surface area (Å²) < 4.78 is 0. The monoisotopic (exact) mass is 487 g/mol. The summed E-state index contributed by atoms with van der Waals surface area (Å²) in [7, 11) is 0. The fourth-order valence-corrected chi connectivity index (χ4v) is 5.17. The van der Waals surface area contributed by atoms with E-state index >= 15 is 0 Å². The van der Waals surface area contributed by atoms with Crippen LogP contribution in [0.1, 0.15) is 31.2 Å². The Morgan fingerprint density at radius 3 is 2.03 bits per heavy atom. The number of aryl methyl sites for hydroxylation is 1. The van der Waals surface area contributed by atoms with Gasteiger partial charge in [-0.05, 0) is 65.8 Å². The molecule has 1 nitrogen and oxygen atoms in total. The van der Waals surface area contributed by atoms with E-state index < -0.39 is 0 Å². The number of benzene rings is 5. The lowest BCUT2D eigenvalue weighted by atomic mass is 10.00. The highest BCUT2D eigenvalue weighted by Gasteiger charge is 2.18. The van der Waals surface area contributed by atoms with Gasteiger partial charge < -0.3 is 4.90 Å². The minimum Gasteiger partial charge on any atom is -0.309 e. The van der Waals surface area contributed by atoms with Crippen molar-refractivity contribution in [2.75, 3.05) is 10.7 Å². The molecular weight excluding hydrogens is 454 g/mol. The second kappa shape index (κ2) is 12.0. The molecule has 0 aliphatic heterocycles. The number of thiol groups is 1. The molecule has 5 rings (SSSR count). The summed E-state index contributed by atoms with van der Waals surface area (Å²) in [6.07, 6.45) is 6.11. The van der Waals surface area contributed by atoms with E-state index in [2.05, 4.69) is 139 Å². The second-order valence-electron chi connectivity index (χ2n) is 9.27. The van der Waals surface area contributed by atoms with Crippen molar-refractivity contribution in [2.45, 2.75) is 32.1 Å². The molecule has 0 saturated carbocycles. The van der Waals surface area contributed by atoms with Crippen LogP contribution in [-0.4, -0.2) is 5.75 Å². The van der Waals surface area contributed by atoms with Crippen molar-refractivity contribution in [3.8, 4) is 11.1 Å². The van der Waals surface area contributed by atoms with E-state index in [1.54, 1.807) is 0 Å². The second-order valence-corrected chi connectivity index (χ2v) is 9.72. The van der Waals surface area contributed by atoms with Crippen LogP contribution in [-0.2, 0) is 6.42 Å². The lowest BCUT2D eigenvalue weighted by Gasteiger charge is -2.29. The summed E-state index contributed by atoms with van der Waals surface area (Å²) in [5.41, 5.74) is 7.39. The summed E-state index contributed by atoms with van der Waals surface area (Å²) in [5.74, 6) is 0.989. The molecule has 0 radical (unpaired) electrons. The van der Waals surface area contributed by atoms with Gasteiger partial charge in [-0.25, -0.2) is 0 Å². The maximum Gasteiger partial charge on any atom is 0.0540 e. The van der Waals surface area contributed by atoms with Crippen molar-refractivity contribution < 1.29 is 0 Å². The molecule has 0 saturated heterocycles. The molecule has 180 valence electrons. The highest BCUT2D eigenvalue weighted by atomic mass is 32.1. The number of nitrogens with zero attached hydrogens (tertiary/aromatic N) is 1. The van der Waals surface area contributed by atoms with Gasteiger partial charge in [0.2, 0.25) is 0 Å². The third-order valence-electron chi connectivity index (χ3n) is 6.81. The zero-order valence-corrected chi connectivity index (χ0v) is 21.6. The zero-order chi connectivity index (χ0) is 24.6. The van der Waals surface area contributed by atoms with Gasteiger partial charge in [-0.1, -0.05) is 110 Å². The lowest BCUT2D eigenvalue weighted by Crippen LogP contribution is -2.11. The van der Waals surface area contributed by atoms with E-state index in [-0.39, 0.29) is 0 Å². The Morgan fingerprint density at radius 2 is 1.19 bits per heavy atom. The number of hydrogen-bond donors (Lipinski definition) is 1. The molecule has 0 atom stereocenters. The molecule has 0 aromatic heterocycles. The van der Waals surface area contributed by atoms with E-state index in [0.717, 1.165) is 12.2 Å². The maximum atomic E-state index is 4.33. The first-order valence-corrected chi connectivity index (χ1v) is 13.6. The van der Waals surface area contributed by atoms with Crippen molar-refractivity contribution in [1.29, 1.82) is 0 Å². The van der Waals surface area contributed by atoms with Crippen molar-refractivity contribution in [1.82, 2.24) is 0 Å². The minimum absolute atomic E-state index is 0.989. The van der Waals surface area contributed by atoms with E-state index in [4.69, 9.17) is 0 Å². The standard InChI is InChI=1S/C34H33NS/c36-26-11-2-1-4-13-27-22-24-30(25-23-27)35(34-21-12-17-29-16-7-8-18-32(29)34)33-20-10-9-19-31(33)28-14-5-3-6-15-28/h3,5-10,12,14-25,36H,1-2,4,11,13,26H2. The van der Waals surface area contributed by atoms with Gasteiger partial charge in [-0.3, -0.25) is 0 Å². The van der Waals surface area contributed by atoms with Gasteiger partial charge in [-0.2, -0.15) is 12.6 Å². The smallest absolute Gasteiger partial charge is 0.0540 e. The Bertz CT molecular complexity index is 1390. The molecular formula is C34H33NS. The molecule has 0 amide bonds. The van der Waals surface area contributed by atoms with Gasteiger partial charge >= 0.3 is 0 Å². The average molecular weight is 488 g/mol. The van der Waals surface area contributed by atoms with Crippen molar-refractivity contribution in [3.63, 3.8) is 0 Å². The molecule has 5 aromatic carbocycles. The Morgan fingerprint density at radius 1 is 0.528 bits per heavy atom. The summed E-state index contributed by atoms with van der Waals surface area (Å²) in [4.78, 5) is 2.42. The quantitative estimate of drug-likeness (QED) is 0.151. The highest BCUT2D eigenvalue weighted by Crippen LogP contribution is 2.43. The molecule has 0 aliphatic carbocycles. The van der Waals surface area contributed by atoms with E-state index in [0.29, 0.717) is 0 Å². The Labute approximate surface area is 220 Å². The first-order valence-electron chi connectivity index (χ1n) is 13.0. The first-order chi connectivity index (χ1) is 17.8. The van der Waals surface area contributed by atoms with E-state index in [9.17, 15) is 0 Å². The van der Waals surface area contributed by atoms with Gasteiger partial charge in [0, 0.05) is 16.6 Å². The molecule has 0 fully saturated rings. The van der Waals surface area contributed by atoms with E-state index in [1.165, 1.54) is 70.2 Å². The van der Waals surface area contributed by atoms with Gasteiger partial charge in [0.15, 0.2) is 0 Å². The molecule has 2 heteroatoms. The van der Waals surface area contributed by atoms with Gasteiger partial charge in [0.05, 0.1) is 11.4 Å². The minimum atomic E-state index is 0.989. The molecule has 36 heavy (non-hydrogen) atoms. The maximum absolute atomic E-state index is 4.33. The van der Waals surface area contributed by atoms with Crippen LogP contribution in [0.3, 0.4) is 0 Å². The van der Waals surface area contributed by atoms with Crippen LogP contribution in [0.2, 0.25) is 0 Å². The third-order valence-corrected chi connectivity index (χ3v) is 7.12. The molecule has 0 spiro atoms. The Hall–Kier alpha value is -3.49. The lowest BCUT2D eigenvalue weighted by molar-refractivity contribution is 0.671. The number of fused-ring (bicyclic) bond motifs is 1. The molecule has 0 heterocycles.